The highest BCUT2D eigenvalue weighted by atomic mass is 35.5. The van der Waals surface area contributed by atoms with Crippen LogP contribution in [0.25, 0.3) is 0 Å². The fourth-order valence-corrected chi connectivity index (χ4v) is 1.87. The van der Waals surface area contributed by atoms with Crippen molar-refractivity contribution >= 4 is 36.2 Å². The van der Waals surface area contributed by atoms with E-state index in [1.165, 1.54) is 38.0 Å². The molecule has 1 aliphatic rings. The van der Waals surface area contributed by atoms with Crippen LogP contribution in [0, 0.1) is 0 Å². The fraction of sp³-hybridized carbons (Fsp3) is 0.455. The van der Waals surface area contributed by atoms with Crippen LogP contribution >= 0.6 is 24.8 Å². The highest BCUT2D eigenvalue weighted by Crippen LogP contribution is 2.21. The van der Waals surface area contributed by atoms with Crippen molar-refractivity contribution in [1.82, 2.24) is 0 Å². The molecule has 0 radical (unpaired) electrons. The van der Waals surface area contributed by atoms with Gasteiger partial charge in [-0.2, -0.15) is 0 Å². The Kier molecular flexibility index (Phi) is 6.53. The molecule has 15 heavy (non-hydrogen) atoms. The van der Waals surface area contributed by atoms with E-state index in [9.17, 15) is 0 Å². The molecular weight excluding hydrogens is 231 g/mol. The van der Waals surface area contributed by atoms with Crippen molar-refractivity contribution in [1.29, 1.82) is 0 Å². The summed E-state index contributed by atoms with van der Waals surface area (Å²) < 4.78 is 0. The summed E-state index contributed by atoms with van der Waals surface area (Å²) in [6.45, 7) is 2.37. The van der Waals surface area contributed by atoms with Gasteiger partial charge in [-0.3, -0.25) is 0 Å². The van der Waals surface area contributed by atoms with Gasteiger partial charge in [0, 0.05) is 24.5 Å². The zero-order valence-corrected chi connectivity index (χ0v) is 10.3. The summed E-state index contributed by atoms with van der Waals surface area (Å²) in [5.41, 5.74) is 7.88. The molecule has 0 atom stereocenters. The number of benzene rings is 1. The number of nitrogen functional groups attached to an aromatic ring is 1. The number of hydrogen-bond donors (Lipinski definition) is 1. The molecule has 1 saturated heterocycles. The number of anilines is 2. The van der Waals surface area contributed by atoms with Gasteiger partial charge in [0.05, 0.1) is 0 Å². The molecule has 4 heteroatoms. The van der Waals surface area contributed by atoms with Crippen LogP contribution in [-0.4, -0.2) is 13.1 Å². The predicted octanol–water partition coefficient (Wildman–Crippen LogP) is 3.10. The van der Waals surface area contributed by atoms with Crippen LogP contribution in [0.5, 0.6) is 0 Å². The van der Waals surface area contributed by atoms with Crippen LogP contribution in [0.2, 0.25) is 0 Å². The summed E-state index contributed by atoms with van der Waals surface area (Å²) in [4.78, 5) is 2.42. The molecule has 2 nitrogen and oxygen atoms in total. The maximum absolute atomic E-state index is 5.74. The Morgan fingerprint density at radius 3 is 2.27 bits per heavy atom. The summed E-state index contributed by atoms with van der Waals surface area (Å²) in [6, 6.07) is 8.17. The molecule has 1 fully saturated rings. The predicted molar refractivity (Wildman–Crippen MR) is 71.4 cm³/mol. The lowest BCUT2D eigenvalue weighted by Gasteiger charge is -2.28. The monoisotopic (exact) mass is 248 g/mol. The smallest absolute Gasteiger partial charge is 0.0386 e. The van der Waals surface area contributed by atoms with E-state index in [1.54, 1.807) is 0 Å². The van der Waals surface area contributed by atoms with Gasteiger partial charge >= 0.3 is 0 Å². The van der Waals surface area contributed by atoms with Gasteiger partial charge < -0.3 is 10.6 Å². The molecule has 0 unspecified atom stereocenters. The number of nitrogens with two attached hydrogens (primary N) is 1. The lowest BCUT2D eigenvalue weighted by atomic mass is 10.1. The van der Waals surface area contributed by atoms with Crippen LogP contribution in [0.15, 0.2) is 24.3 Å². The van der Waals surface area contributed by atoms with E-state index in [1.807, 2.05) is 12.1 Å². The second kappa shape index (κ2) is 6.81. The Morgan fingerprint density at radius 1 is 1.00 bits per heavy atom. The van der Waals surface area contributed by atoms with Gasteiger partial charge in [-0.1, -0.05) is 6.07 Å². The fourth-order valence-electron chi connectivity index (χ4n) is 1.87. The molecule has 0 aromatic heterocycles. The third-order valence-corrected chi connectivity index (χ3v) is 2.59. The first kappa shape index (κ1) is 14.4. The van der Waals surface area contributed by atoms with Crippen molar-refractivity contribution in [3.05, 3.63) is 24.3 Å². The highest BCUT2D eigenvalue weighted by molar-refractivity contribution is 5.85. The number of rotatable bonds is 1. The Balaban J connectivity index is 0.000000980. The zero-order valence-electron chi connectivity index (χ0n) is 8.69. The molecule has 0 amide bonds. The molecule has 2 N–H and O–H groups in total. The number of nitrogens with zero attached hydrogens (tertiary/aromatic N) is 1. The normalized spacial score (nSPS) is 15.1. The standard InChI is InChI=1S/C11H16N2.2ClH/c12-10-5-4-6-11(9-10)13-7-2-1-3-8-13;;/h4-6,9H,1-3,7-8,12H2;2*1H. The minimum atomic E-state index is 0. The van der Waals surface area contributed by atoms with E-state index < -0.39 is 0 Å². The van der Waals surface area contributed by atoms with E-state index in [0.717, 1.165) is 5.69 Å². The molecule has 1 aromatic rings. The number of halogens is 2. The average molecular weight is 249 g/mol. The summed E-state index contributed by atoms with van der Waals surface area (Å²) in [7, 11) is 0. The topological polar surface area (TPSA) is 29.3 Å². The second-order valence-electron chi connectivity index (χ2n) is 3.64. The first-order chi connectivity index (χ1) is 6.36. The Hall–Kier alpha value is -0.600. The quantitative estimate of drug-likeness (QED) is 0.775. The lowest BCUT2D eigenvalue weighted by Crippen LogP contribution is -2.29. The molecule has 0 aliphatic carbocycles. The molecule has 0 saturated carbocycles. The molecule has 86 valence electrons. The van der Waals surface area contributed by atoms with Crippen LogP contribution < -0.4 is 10.6 Å². The molecule has 1 aromatic carbocycles. The van der Waals surface area contributed by atoms with E-state index >= 15 is 0 Å². The van der Waals surface area contributed by atoms with Gasteiger partial charge in [-0.15, -0.1) is 24.8 Å². The third-order valence-electron chi connectivity index (χ3n) is 2.59. The Labute approximate surface area is 104 Å². The summed E-state index contributed by atoms with van der Waals surface area (Å²) in [6.07, 6.45) is 4.00. The summed E-state index contributed by atoms with van der Waals surface area (Å²) in [5, 5.41) is 0. The molecule has 2 rings (SSSR count). The van der Waals surface area contributed by atoms with Crippen molar-refractivity contribution < 1.29 is 0 Å². The van der Waals surface area contributed by atoms with E-state index in [4.69, 9.17) is 5.73 Å². The van der Waals surface area contributed by atoms with Gasteiger partial charge in [-0.05, 0) is 37.5 Å². The van der Waals surface area contributed by atoms with Crippen molar-refractivity contribution in [3.8, 4) is 0 Å². The van der Waals surface area contributed by atoms with Gasteiger partial charge in [0.1, 0.15) is 0 Å². The van der Waals surface area contributed by atoms with Crippen molar-refractivity contribution in [2.75, 3.05) is 23.7 Å². The lowest BCUT2D eigenvalue weighted by molar-refractivity contribution is 0.578. The Bertz CT molecular complexity index is 286. The molecule has 0 bridgehead atoms. The summed E-state index contributed by atoms with van der Waals surface area (Å²) in [5.74, 6) is 0. The number of hydrogen-bond acceptors (Lipinski definition) is 2. The van der Waals surface area contributed by atoms with E-state index in [2.05, 4.69) is 17.0 Å². The van der Waals surface area contributed by atoms with Gasteiger partial charge in [0.25, 0.3) is 0 Å². The second-order valence-corrected chi connectivity index (χ2v) is 3.64. The van der Waals surface area contributed by atoms with Gasteiger partial charge in [0.2, 0.25) is 0 Å². The highest BCUT2D eigenvalue weighted by Gasteiger charge is 2.10. The summed E-state index contributed by atoms with van der Waals surface area (Å²) >= 11 is 0. The SMILES string of the molecule is Cl.Cl.Nc1cccc(N2CCCCC2)c1. The maximum atomic E-state index is 5.74. The first-order valence-corrected chi connectivity index (χ1v) is 4.97. The van der Waals surface area contributed by atoms with Crippen LogP contribution in [-0.2, 0) is 0 Å². The van der Waals surface area contributed by atoms with Crippen LogP contribution in [0.1, 0.15) is 19.3 Å². The van der Waals surface area contributed by atoms with Crippen molar-refractivity contribution in [2.24, 2.45) is 0 Å². The van der Waals surface area contributed by atoms with Crippen LogP contribution in [0.4, 0.5) is 11.4 Å². The Morgan fingerprint density at radius 2 is 1.67 bits per heavy atom. The van der Waals surface area contributed by atoms with Gasteiger partial charge in [0.15, 0.2) is 0 Å². The minimum absolute atomic E-state index is 0. The van der Waals surface area contributed by atoms with Crippen LogP contribution in [0.3, 0.4) is 0 Å². The minimum Gasteiger partial charge on any atom is -0.399 e. The molecular formula is C11H18Cl2N2. The maximum Gasteiger partial charge on any atom is 0.0386 e. The van der Waals surface area contributed by atoms with Crippen molar-refractivity contribution in [3.63, 3.8) is 0 Å². The third kappa shape index (κ3) is 3.80. The molecule has 0 spiro atoms. The number of piperidine rings is 1. The first-order valence-electron chi connectivity index (χ1n) is 4.97. The zero-order chi connectivity index (χ0) is 9.10. The van der Waals surface area contributed by atoms with Crippen molar-refractivity contribution in [2.45, 2.75) is 19.3 Å². The molecule has 1 heterocycles. The van der Waals surface area contributed by atoms with E-state index in [-0.39, 0.29) is 24.8 Å². The largest absolute Gasteiger partial charge is 0.399 e. The van der Waals surface area contributed by atoms with Gasteiger partial charge in [-0.25, -0.2) is 0 Å². The molecule has 1 aliphatic heterocycles. The average Bonchev–Trinajstić information content (AvgIpc) is 2.19. The van der Waals surface area contributed by atoms with E-state index in [0.29, 0.717) is 0 Å².